The number of hydrogen-bond donors (Lipinski definition) is 4. The highest BCUT2D eigenvalue weighted by atomic mass is 31.2. The van der Waals surface area contributed by atoms with Crippen LogP contribution in [0.15, 0.2) is 24.3 Å². The van der Waals surface area contributed by atoms with Gasteiger partial charge in [0.1, 0.15) is 0 Å². The first kappa shape index (κ1) is 22.1. The summed E-state index contributed by atoms with van der Waals surface area (Å²) in [6, 6.07) is 7.24. The summed E-state index contributed by atoms with van der Waals surface area (Å²) in [5, 5.41) is 22.2. The minimum absolute atomic E-state index is 0.00637. The molecule has 2 rings (SSSR count). The second-order valence-corrected chi connectivity index (χ2v) is 10.2. The lowest BCUT2D eigenvalue weighted by atomic mass is 9.91. The molecule has 1 fully saturated rings. The molecule has 0 aliphatic heterocycles. The van der Waals surface area contributed by atoms with Gasteiger partial charge in [0.05, 0.1) is 18.7 Å². The summed E-state index contributed by atoms with van der Waals surface area (Å²) in [6.45, 7) is 2.19. The van der Waals surface area contributed by atoms with Crippen molar-refractivity contribution in [2.75, 3.05) is 18.9 Å². The van der Waals surface area contributed by atoms with E-state index in [-0.39, 0.29) is 25.2 Å². The van der Waals surface area contributed by atoms with Gasteiger partial charge in [-0.3, -0.25) is 9.36 Å². The number of aliphatic hydroxyl groups is 1. The fourth-order valence-corrected chi connectivity index (χ4v) is 5.88. The molecule has 4 N–H and O–H groups in total. The lowest BCUT2D eigenvalue weighted by Crippen LogP contribution is -2.32. The van der Waals surface area contributed by atoms with Crippen LogP contribution in [0.4, 0.5) is 0 Å². The molecule has 0 bridgehead atoms. The van der Waals surface area contributed by atoms with Gasteiger partial charge in [-0.15, -0.1) is 0 Å². The van der Waals surface area contributed by atoms with Gasteiger partial charge in [0.25, 0.3) is 0 Å². The summed E-state index contributed by atoms with van der Waals surface area (Å²) < 4.78 is 12.5. The average molecular weight is 397 g/mol. The summed E-state index contributed by atoms with van der Waals surface area (Å²) in [6.07, 6.45) is 4.92. The topological polar surface area (TPSA) is 107 Å². The lowest BCUT2D eigenvalue weighted by molar-refractivity contribution is -0.136. The van der Waals surface area contributed by atoms with Crippen LogP contribution in [0.1, 0.15) is 56.2 Å². The number of benzene rings is 1. The fourth-order valence-electron chi connectivity index (χ4n) is 3.77. The van der Waals surface area contributed by atoms with E-state index in [1.807, 2.05) is 19.1 Å². The SMILES string of the molecule is CC(NC[C@@H](O)CP(=O)(O)CC1CCCCC1)c1ccc(CC(=O)O)cc1. The van der Waals surface area contributed by atoms with Crippen molar-refractivity contribution in [2.24, 2.45) is 5.92 Å². The molecule has 0 heterocycles. The van der Waals surface area contributed by atoms with Gasteiger partial charge in [0, 0.05) is 18.7 Å². The monoisotopic (exact) mass is 397 g/mol. The van der Waals surface area contributed by atoms with Crippen LogP contribution >= 0.6 is 7.37 Å². The van der Waals surface area contributed by atoms with Crippen LogP contribution in [0.25, 0.3) is 0 Å². The Morgan fingerprint density at radius 2 is 1.85 bits per heavy atom. The molecule has 0 saturated heterocycles. The maximum atomic E-state index is 12.5. The van der Waals surface area contributed by atoms with Crippen molar-refractivity contribution in [1.82, 2.24) is 5.32 Å². The Balaban J connectivity index is 1.77. The minimum atomic E-state index is -3.31. The van der Waals surface area contributed by atoms with Crippen molar-refractivity contribution < 1.29 is 24.5 Å². The summed E-state index contributed by atoms with van der Waals surface area (Å²) in [5.41, 5.74) is 1.72. The molecule has 27 heavy (non-hydrogen) atoms. The average Bonchev–Trinajstić information content (AvgIpc) is 2.60. The number of carboxylic acids is 1. The van der Waals surface area contributed by atoms with Gasteiger partial charge in [-0.2, -0.15) is 0 Å². The van der Waals surface area contributed by atoms with E-state index in [0.717, 1.165) is 36.8 Å². The van der Waals surface area contributed by atoms with Crippen LogP contribution in [0.2, 0.25) is 0 Å². The number of carbonyl (C=O) groups is 1. The Morgan fingerprint density at radius 3 is 2.44 bits per heavy atom. The summed E-state index contributed by atoms with van der Waals surface area (Å²) in [5.74, 6) is -0.545. The highest BCUT2D eigenvalue weighted by Crippen LogP contribution is 2.45. The van der Waals surface area contributed by atoms with Crippen LogP contribution < -0.4 is 5.32 Å². The molecule has 1 aliphatic rings. The van der Waals surface area contributed by atoms with Gasteiger partial charge in [-0.1, -0.05) is 43.5 Å². The van der Waals surface area contributed by atoms with Gasteiger partial charge in [-0.05, 0) is 36.8 Å². The molecule has 152 valence electrons. The molecule has 1 saturated carbocycles. The number of rotatable bonds is 10. The third-order valence-corrected chi connectivity index (χ3v) is 7.34. The molecule has 0 amide bonds. The van der Waals surface area contributed by atoms with E-state index in [9.17, 15) is 19.4 Å². The molecule has 0 radical (unpaired) electrons. The van der Waals surface area contributed by atoms with Crippen molar-refractivity contribution in [3.63, 3.8) is 0 Å². The standard InChI is InChI=1S/C20H32NO5P/c1-15(18-9-7-16(8-10-18)11-20(23)24)21-12-19(22)14-27(25,26)13-17-5-3-2-4-6-17/h7-10,15,17,19,21-22H,2-6,11-14H2,1H3,(H,23,24)(H,25,26)/t15?,19-/m1/s1. The number of hydrogen-bond acceptors (Lipinski definition) is 4. The van der Waals surface area contributed by atoms with E-state index in [0.29, 0.717) is 12.1 Å². The third-order valence-electron chi connectivity index (χ3n) is 5.26. The minimum Gasteiger partial charge on any atom is -0.481 e. The zero-order valence-electron chi connectivity index (χ0n) is 16.0. The Labute approximate surface area is 161 Å². The fraction of sp³-hybridized carbons (Fsp3) is 0.650. The smallest absolute Gasteiger partial charge is 0.307 e. The molecule has 7 heteroatoms. The van der Waals surface area contributed by atoms with Crippen molar-refractivity contribution in [3.05, 3.63) is 35.4 Å². The highest BCUT2D eigenvalue weighted by molar-refractivity contribution is 7.58. The number of aliphatic hydroxyl groups excluding tert-OH is 1. The Hall–Kier alpha value is -1.20. The molecule has 6 nitrogen and oxygen atoms in total. The van der Waals surface area contributed by atoms with E-state index in [1.54, 1.807) is 12.1 Å². The summed E-state index contributed by atoms with van der Waals surface area (Å²) in [7, 11) is -3.31. The molecule has 2 unspecified atom stereocenters. The first-order valence-corrected chi connectivity index (χ1v) is 11.8. The maximum absolute atomic E-state index is 12.5. The van der Waals surface area contributed by atoms with Gasteiger partial charge < -0.3 is 20.4 Å². The van der Waals surface area contributed by atoms with Gasteiger partial charge >= 0.3 is 5.97 Å². The molecule has 1 aromatic rings. The van der Waals surface area contributed by atoms with Crippen LogP contribution in [0.3, 0.4) is 0 Å². The van der Waals surface area contributed by atoms with Crippen LogP contribution in [0.5, 0.6) is 0 Å². The Kier molecular flexibility index (Phi) is 8.49. The Bertz CT molecular complexity index is 642. The van der Waals surface area contributed by atoms with E-state index in [1.165, 1.54) is 6.42 Å². The van der Waals surface area contributed by atoms with Crippen LogP contribution in [-0.2, 0) is 15.8 Å². The van der Waals surface area contributed by atoms with E-state index >= 15 is 0 Å². The number of carboxylic acid groups (broad SMARTS) is 1. The zero-order valence-corrected chi connectivity index (χ0v) is 16.9. The summed E-state index contributed by atoms with van der Waals surface area (Å²) >= 11 is 0. The van der Waals surface area contributed by atoms with E-state index in [2.05, 4.69) is 5.32 Å². The molecular weight excluding hydrogens is 365 g/mol. The number of aliphatic carboxylic acids is 1. The second-order valence-electron chi connectivity index (χ2n) is 7.81. The molecule has 3 atom stereocenters. The van der Waals surface area contributed by atoms with Crippen molar-refractivity contribution in [3.8, 4) is 0 Å². The lowest BCUT2D eigenvalue weighted by Gasteiger charge is -2.25. The summed E-state index contributed by atoms with van der Waals surface area (Å²) in [4.78, 5) is 21.0. The van der Waals surface area contributed by atoms with Crippen LogP contribution in [-0.4, -0.2) is 46.0 Å². The van der Waals surface area contributed by atoms with Crippen LogP contribution in [0, 0.1) is 5.92 Å². The zero-order chi connectivity index (χ0) is 19.9. The molecule has 1 aliphatic carbocycles. The predicted molar refractivity (Wildman–Crippen MR) is 106 cm³/mol. The van der Waals surface area contributed by atoms with Crippen molar-refractivity contribution in [2.45, 2.75) is 57.6 Å². The second kappa shape index (κ2) is 10.4. The third kappa shape index (κ3) is 8.14. The van der Waals surface area contributed by atoms with Crippen molar-refractivity contribution >= 4 is 13.3 Å². The first-order chi connectivity index (χ1) is 12.7. The quantitative estimate of drug-likeness (QED) is 0.452. The maximum Gasteiger partial charge on any atom is 0.307 e. The van der Waals surface area contributed by atoms with Crippen molar-refractivity contribution in [1.29, 1.82) is 0 Å². The largest absolute Gasteiger partial charge is 0.481 e. The molecular formula is C20H32NO5P. The molecule has 0 aromatic heterocycles. The number of nitrogens with one attached hydrogen (secondary N) is 1. The normalized spacial score (nSPS) is 20.0. The molecule has 1 aromatic carbocycles. The van der Waals surface area contributed by atoms with Gasteiger partial charge in [0.2, 0.25) is 7.37 Å². The van der Waals surface area contributed by atoms with Gasteiger partial charge in [-0.25, -0.2) is 0 Å². The molecule has 0 spiro atoms. The Morgan fingerprint density at radius 1 is 1.22 bits per heavy atom. The van der Waals surface area contributed by atoms with E-state index in [4.69, 9.17) is 5.11 Å². The highest BCUT2D eigenvalue weighted by Gasteiger charge is 2.28. The first-order valence-electron chi connectivity index (χ1n) is 9.78. The van der Waals surface area contributed by atoms with Gasteiger partial charge in [0.15, 0.2) is 0 Å². The predicted octanol–water partition coefficient (Wildman–Crippen LogP) is 3.18. The van der Waals surface area contributed by atoms with E-state index < -0.39 is 19.4 Å².